The average molecular weight is 327 g/mol. The fourth-order valence-corrected chi connectivity index (χ4v) is 2.68. The van der Waals surface area contributed by atoms with Crippen molar-refractivity contribution in [1.82, 2.24) is 0 Å². The van der Waals surface area contributed by atoms with Gasteiger partial charge in [0.2, 0.25) is 0 Å². The summed E-state index contributed by atoms with van der Waals surface area (Å²) in [6.45, 7) is 2.52. The zero-order valence-electron chi connectivity index (χ0n) is 15.8. The van der Waals surface area contributed by atoms with Crippen molar-refractivity contribution in [2.24, 2.45) is 0 Å². The van der Waals surface area contributed by atoms with Crippen molar-refractivity contribution in [3.8, 4) is 0 Å². The van der Waals surface area contributed by atoms with Crippen LogP contribution in [0.15, 0.2) is 0 Å². The first-order chi connectivity index (χ1) is 9.81. The predicted octanol–water partition coefficient (Wildman–Crippen LogP) is 2.33. The van der Waals surface area contributed by atoms with E-state index in [0.717, 1.165) is 32.1 Å². The first-order valence-corrected chi connectivity index (χ1v) is 9.10. The van der Waals surface area contributed by atoms with E-state index in [1.54, 1.807) is 0 Å². The van der Waals surface area contributed by atoms with Crippen molar-refractivity contribution in [2.75, 3.05) is 6.61 Å². The Hall–Kier alpha value is 1.56. The zero-order valence-corrected chi connectivity index (χ0v) is 17.9. The van der Waals surface area contributed by atoms with Crippen molar-refractivity contribution in [3.05, 3.63) is 0 Å². The summed E-state index contributed by atoms with van der Waals surface area (Å²) >= 11 is 0. The van der Waals surface area contributed by atoms with Gasteiger partial charge in [-0.1, -0.05) is 77.6 Å². The van der Waals surface area contributed by atoms with Crippen molar-refractivity contribution in [3.63, 3.8) is 0 Å². The van der Waals surface area contributed by atoms with E-state index in [0.29, 0.717) is 0 Å². The van der Waals surface area contributed by atoms with Crippen LogP contribution in [0.1, 0.15) is 105 Å². The van der Waals surface area contributed by atoms with Crippen LogP contribution in [0, 0.1) is 0 Å². The predicted molar refractivity (Wildman–Crippen MR) is 89.1 cm³/mol. The molecule has 1 atom stereocenters. The number of hydrogen-bond donors (Lipinski definition) is 2. The Morgan fingerprint density at radius 3 is 1.48 bits per heavy atom. The summed E-state index contributed by atoms with van der Waals surface area (Å²) in [4.78, 5) is 0. The number of rotatable bonds is 16. The summed E-state index contributed by atoms with van der Waals surface area (Å²) in [5.74, 6) is 0. The maximum atomic E-state index is 9.74. The van der Waals surface area contributed by atoms with Gasteiger partial charge in [0.25, 0.3) is 0 Å². The summed E-state index contributed by atoms with van der Waals surface area (Å²) in [5.41, 5.74) is 0. The molecule has 0 aromatic heterocycles. The van der Waals surface area contributed by atoms with E-state index in [4.69, 9.17) is 5.11 Å². The fourth-order valence-electron chi connectivity index (χ4n) is 2.68. The summed E-state index contributed by atoms with van der Waals surface area (Å²) < 4.78 is 0. The third kappa shape index (κ3) is 21.6. The Morgan fingerprint density at radius 2 is 1.05 bits per heavy atom. The van der Waals surface area contributed by atoms with Gasteiger partial charge in [-0.2, -0.15) is 0 Å². The molecule has 21 heavy (non-hydrogen) atoms. The third-order valence-electron chi connectivity index (χ3n) is 4.09. The van der Waals surface area contributed by atoms with Crippen LogP contribution >= 0.6 is 0 Å². The van der Waals surface area contributed by atoms with Crippen LogP contribution in [0.4, 0.5) is 0 Å². The van der Waals surface area contributed by atoms with Crippen LogP contribution in [0.5, 0.6) is 0 Å². The fraction of sp³-hybridized carbons (Fsp3) is 1.00. The third-order valence-corrected chi connectivity index (χ3v) is 4.09. The van der Waals surface area contributed by atoms with Gasteiger partial charge in [0.1, 0.15) is 0 Å². The Balaban J connectivity index is -0.00000180. The van der Waals surface area contributed by atoms with E-state index in [1.165, 1.54) is 64.2 Å². The van der Waals surface area contributed by atoms with Crippen LogP contribution < -0.4 is 51.4 Å². The molecule has 1 unspecified atom stereocenters. The number of aliphatic hydroxyl groups is 2. The van der Waals surface area contributed by atoms with Crippen LogP contribution in [-0.4, -0.2) is 22.9 Å². The standard InChI is InChI=1S/C18H38O2.K.H/c1-2-3-4-5-6-7-8-9-10-11-12-15-18(20)16-13-14-17-19;;/h18-20H,2-17H2,1H3;;/q;+1;-1. The minimum absolute atomic E-state index is 0. The molecule has 124 valence electrons. The largest absolute Gasteiger partial charge is 1.00 e. The van der Waals surface area contributed by atoms with Gasteiger partial charge in [-0.15, -0.1) is 0 Å². The number of unbranched alkanes of at least 4 members (excludes halogenated alkanes) is 11. The summed E-state index contributed by atoms with van der Waals surface area (Å²) in [6.07, 6.45) is 18.4. The molecule has 0 spiro atoms. The first kappa shape index (κ1) is 24.8. The van der Waals surface area contributed by atoms with Gasteiger partial charge in [0.05, 0.1) is 6.10 Å². The second-order valence-electron chi connectivity index (χ2n) is 6.20. The van der Waals surface area contributed by atoms with Gasteiger partial charge >= 0.3 is 51.4 Å². The molecule has 0 saturated heterocycles. The molecule has 0 aliphatic heterocycles. The van der Waals surface area contributed by atoms with Crippen molar-refractivity contribution >= 4 is 0 Å². The smallest absolute Gasteiger partial charge is 1.00 e. The molecule has 0 radical (unpaired) electrons. The topological polar surface area (TPSA) is 40.5 Å². The molecule has 3 heteroatoms. The van der Waals surface area contributed by atoms with E-state index in [9.17, 15) is 5.11 Å². The van der Waals surface area contributed by atoms with E-state index >= 15 is 0 Å². The molecular weight excluding hydrogens is 287 g/mol. The number of hydrogen-bond acceptors (Lipinski definition) is 2. The quantitative estimate of drug-likeness (QED) is 0.338. The second kappa shape index (κ2) is 21.6. The maximum Gasteiger partial charge on any atom is 1.00 e. The van der Waals surface area contributed by atoms with Gasteiger partial charge < -0.3 is 11.6 Å². The molecule has 0 aromatic rings. The van der Waals surface area contributed by atoms with Crippen molar-refractivity contribution in [1.29, 1.82) is 0 Å². The Labute approximate surface area is 177 Å². The SMILES string of the molecule is CCCCCCCCCCCCCC(O)CCCCO.[H-].[K+]. The summed E-state index contributed by atoms with van der Waals surface area (Å²) in [5, 5.41) is 18.4. The van der Waals surface area contributed by atoms with E-state index in [2.05, 4.69) is 6.92 Å². The van der Waals surface area contributed by atoms with Gasteiger partial charge in [0.15, 0.2) is 0 Å². The molecule has 2 nitrogen and oxygen atoms in total. The minimum atomic E-state index is -0.139. The molecule has 0 saturated carbocycles. The second-order valence-corrected chi connectivity index (χ2v) is 6.20. The van der Waals surface area contributed by atoms with Gasteiger partial charge in [0, 0.05) is 6.61 Å². The van der Waals surface area contributed by atoms with Crippen LogP contribution in [-0.2, 0) is 0 Å². The normalized spacial score (nSPS) is 12.1. The Kier molecular flexibility index (Phi) is 25.5. The van der Waals surface area contributed by atoms with E-state index in [1.807, 2.05) is 0 Å². The molecule has 0 aliphatic rings. The average Bonchev–Trinajstić information content (AvgIpc) is 2.45. The molecule has 0 aromatic carbocycles. The molecule has 2 N–H and O–H groups in total. The first-order valence-electron chi connectivity index (χ1n) is 9.10. The van der Waals surface area contributed by atoms with Crippen LogP contribution in [0.2, 0.25) is 0 Å². The van der Waals surface area contributed by atoms with Gasteiger partial charge in [-0.25, -0.2) is 0 Å². The molecule has 0 bridgehead atoms. The summed E-state index contributed by atoms with van der Waals surface area (Å²) in [6, 6.07) is 0. The molecular formula is C18H39KO2. The maximum absolute atomic E-state index is 9.74. The number of aliphatic hydroxyl groups excluding tert-OH is 2. The Bertz CT molecular complexity index is 182. The minimum Gasteiger partial charge on any atom is -1.00 e. The molecule has 0 rings (SSSR count). The van der Waals surface area contributed by atoms with Gasteiger partial charge in [-0.05, 0) is 25.7 Å². The van der Waals surface area contributed by atoms with Crippen molar-refractivity contribution < 1.29 is 63.0 Å². The van der Waals surface area contributed by atoms with Crippen LogP contribution in [0.3, 0.4) is 0 Å². The monoisotopic (exact) mass is 326 g/mol. The van der Waals surface area contributed by atoms with Gasteiger partial charge in [-0.3, -0.25) is 0 Å². The van der Waals surface area contributed by atoms with E-state index in [-0.39, 0.29) is 65.5 Å². The summed E-state index contributed by atoms with van der Waals surface area (Å²) in [7, 11) is 0. The molecule has 0 aliphatic carbocycles. The van der Waals surface area contributed by atoms with E-state index < -0.39 is 0 Å². The van der Waals surface area contributed by atoms with Crippen molar-refractivity contribution in [2.45, 2.75) is 109 Å². The zero-order chi connectivity index (χ0) is 14.9. The molecule has 0 amide bonds. The van der Waals surface area contributed by atoms with Crippen LogP contribution in [0.25, 0.3) is 0 Å². The molecule has 0 heterocycles. The Morgan fingerprint density at radius 1 is 0.667 bits per heavy atom. The molecule has 0 fully saturated rings.